The number of carbonyl (C=O) groups is 5. The number of nitrogens with one attached hydrogen (secondary N) is 1. The van der Waals surface area contributed by atoms with Gasteiger partial charge in [-0.2, -0.15) is 0 Å². The lowest BCUT2D eigenvalue weighted by molar-refractivity contribution is -0.385. The Labute approximate surface area is 683 Å². The summed E-state index contributed by atoms with van der Waals surface area (Å²) in [5, 5.41) is 36.6. The molecule has 4 saturated heterocycles. The van der Waals surface area contributed by atoms with Crippen molar-refractivity contribution in [2.24, 2.45) is 0 Å². The van der Waals surface area contributed by atoms with Gasteiger partial charge in [-0.15, -0.1) is 0 Å². The number of nitro benzene ring substituents is 2. The molecule has 0 amide bonds. The summed E-state index contributed by atoms with van der Waals surface area (Å²) in [6, 6.07) is 1.03. The minimum Gasteiger partial charge on any atom is -0.478 e. The fourth-order valence-corrected chi connectivity index (χ4v) is 10.2. The summed E-state index contributed by atoms with van der Waals surface area (Å²) in [6.07, 6.45) is 3.08. The van der Waals surface area contributed by atoms with E-state index in [0.29, 0.717) is 27.3 Å². The highest BCUT2D eigenvalue weighted by Crippen LogP contribution is 2.44. The smallest absolute Gasteiger partial charge is 0.478 e. The number of esters is 4. The molecule has 0 bridgehead atoms. The molecule has 2 aromatic heterocycles. The summed E-state index contributed by atoms with van der Waals surface area (Å²) in [7, 11) is 1.08. The Hall–Kier alpha value is -8.92. The lowest BCUT2D eigenvalue weighted by atomic mass is 9.49. The molecule has 0 unspecified atom stereocenters. The molecule has 35 heteroatoms. The molecule has 0 atom stereocenters. The molecule has 0 spiro atoms. The number of benzene rings is 6. The second-order valence-electron chi connectivity index (χ2n) is 27.9. The topological polar surface area (TPSA) is 366 Å². The van der Waals surface area contributed by atoms with Crippen LogP contribution in [0.5, 0.6) is 0 Å². The van der Waals surface area contributed by atoms with Gasteiger partial charge in [-0.25, -0.2) is 29.0 Å². The summed E-state index contributed by atoms with van der Waals surface area (Å²) in [6.45, 7) is 30.5. The van der Waals surface area contributed by atoms with Crippen molar-refractivity contribution in [1.82, 2.24) is 9.97 Å². The number of pyridine rings is 2. The second kappa shape index (κ2) is 35.2. The molecule has 28 nitrogen and oxygen atoms in total. The third-order valence-corrected chi connectivity index (χ3v) is 19.6. The van der Waals surface area contributed by atoms with E-state index in [2.05, 4.69) is 66.1 Å². The number of nitrogens with two attached hydrogens (primary N) is 1. The van der Waals surface area contributed by atoms with Gasteiger partial charge in [0.25, 0.3) is 11.4 Å². The van der Waals surface area contributed by atoms with E-state index in [-0.39, 0.29) is 100 Å². The van der Waals surface area contributed by atoms with E-state index in [1.54, 1.807) is 64.2 Å². The third kappa shape index (κ3) is 20.8. The van der Waals surface area contributed by atoms with Gasteiger partial charge in [0.15, 0.2) is 0 Å². The van der Waals surface area contributed by atoms with Crippen molar-refractivity contribution >= 4 is 163 Å². The minimum absolute atomic E-state index is 0.0171. The Morgan fingerprint density at radius 3 is 1.36 bits per heavy atom. The first kappa shape index (κ1) is 66.8. The van der Waals surface area contributed by atoms with Crippen LogP contribution in [0.3, 0.4) is 0 Å². The average molecular weight is 1680 g/mol. The number of aromatic nitrogens is 2. The number of carboxylic acid groups (broad SMARTS) is 1. The number of rotatable bonds is 12. The minimum atomic E-state index is -1.44. The number of halogens is 3. The fraction of sp³-hybridized carbons (Fsp3) is 0.373. The van der Waals surface area contributed by atoms with E-state index >= 15 is 0 Å². The number of nitro groups is 2. The van der Waals surface area contributed by atoms with Crippen LogP contribution in [0.15, 0.2) is 148 Å². The number of carbonyl (C=O) groups excluding carboxylic acids is 4. The largest absolute Gasteiger partial charge is 0.501 e. The van der Waals surface area contributed by atoms with Crippen molar-refractivity contribution in [3.8, 4) is 0 Å². The van der Waals surface area contributed by atoms with Gasteiger partial charge in [0, 0.05) is 67.0 Å². The van der Waals surface area contributed by atoms with Crippen LogP contribution < -0.4 is 22.0 Å². The first-order chi connectivity index (χ1) is 57.8. The van der Waals surface area contributed by atoms with Crippen LogP contribution in [0, 0.1) is 20.2 Å². The maximum atomic E-state index is 11.8. The number of carboxylic acids is 1. The lowest BCUT2D eigenvalue weighted by Crippen LogP contribution is -2.41. The highest BCUT2D eigenvalue weighted by Gasteiger charge is 2.64. The van der Waals surface area contributed by atoms with E-state index in [1.165, 1.54) is 6.20 Å². The number of aromatic carboxylic acids is 1. The SMILES string of the molecule is CC1(C)OB(B2OC(C)(C)C(C)(C)O2)OC1(C)C.[2H]c1c(C(=O)O)c([2H])c2nc(Nc3cccc(Cl)c3)c3ccncc3c2c1[2H].[2H]c1c([2H])c(C(=O)OC)c([2H])c(N)c1B1OC(C)(C)C(C)(C)O1.[2H]c1c([2H])c(C(=O)OC)c([2H])c([2H])c1Br.[2H]c1c([2H])c(C(=O)OC)c([2H])c([N+](=O)[O-])c1B1OC(C)(C)C(C)(C)O1.[2H]c1c([2H])c(C(=O)OC)c([2H])c([N+](=O)[O-])c1Br. The van der Waals surface area contributed by atoms with Gasteiger partial charge in [-0.3, -0.25) is 25.2 Å². The molecule has 110 heavy (non-hydrogen) atoms. The lowest BCUT2D eigenvalue weighted by Gasteiger charge is -2.32. The predicted octanol–water partition coefficient (Wildman–Crippen LogP) is 14.5. The number of hydrogen-bond acceptors (Lipinski definition) is 25. The third-order valence-electron chi connectivity index (χ3n) is 18.4. The summed E-state index contributed by atoms with van der Waals surface area (Å²) >= 11 is 11.7. The number of fused-ring (bicyclic) bond motifs is 3. The molecule has 0 saturated carbocycles. The van der Waals surface area contributed by atoms with Crippen molar-refractivity contribution in [2.45, 2.75) is 156 Å². The molecular formula is C75H87B4Br2ClN6O22. The summed E-state index contributed by atoms with van der Waals surface area (Å²) in [5.41, 5.74) is -2.18. The quantitative estimate of drug-likeness (QED) is 0.0194. The highest BCUT2D eigenvalue weighted by molar-refractivity contribution is 9.10. The van der Waals surface area contributed by atoms with E-state index in [4.69, 9.17) is 76.5 Å². The number of nitrogens with zero attached hydrogens (tertiary/aromatic N) is 4. The summed E-state index contributed by atoms with van der Waals surface area (Å²) in [5.74, 6) is -4.96. The molecular weight excluding hydrogens is 1580 g/mol. The van der Waals surface area contributed by atoms with Crippen molar-refractivity contribution in [3.05, 3.63) is 201 Å². The van der Waals surface area contributed by atoms with Crippen molar-refractivity contribution in [1.29, 1.82) is 0 Å². The van der Waals surface area contributed by atoms with Gasteiger partial charge in [-0.05, 0) is 217 Å². The van der Waals surface area contributed by atoms with Crippen molar-refractivity contribution in [2.75, 3.05) is 39.5 Å². The Morgan fingerprint density at radius 1 is 0.518 bits per heavy atom. The maximum Gasteiger partial charge on any atom is 0.501 e. The Balaban J connectivity index is 0.000000210. The standard InChI is InChI=1S/C19H12ClN3O2.C14H18BNO6.C14H20BNO4.C12H24B2O4.C8H6BrNO4.C8H7BrO2/c20-12-2-1-3-13(9-12)22-18-15-6-7-21-10-16(15)14-5-4-11(19(24)25)8-17(14)23-18;1-13(2)14(3,4)22-15(21-13)10-7-6-9(12(17)20-5)8-11(10)16(18)19;1-13(2)14(3,4)20-15(19-13)10-7-6-9(8-11(10)16)12(17)18-5;1-9(2)10(3,4)16-13(15-9)14-17-11(5,6)12(7,8)18-14;1-14-8(11)5-2-3-6(9)7(4-5)10(12)13;1-11-8(10)6-2-4-7(9)5-3-6/h1-10H,(H,22,23)(H,24,25);6-8H,1-5H3;6-8H,16H2,1-5H3;1-8H3;2-4H,1H3;2-5H,1H3/i4D,5D,8D;2*6D,7D,8D;;2D,3D,4D;2D,3D,4D,5D. The van der Waals surface area contributed by atoms with Gasteiger partial charge >= 0.3 is 58.1 Å². The Bertz CT molecular complexity index is 5600. The van der Waals surface area contributed by atoms with Crippen LogP contribution in [0.4, 0.5) is 28.6 Å². The number of ether oxygens (including phenoxy) is 4. The van der Waals surface area contributed by atoms with E-state index in [0.717, 1.165) is 28.4 Å². The molecule has 4 aliphatic rings. The van der Waals surface area contributed by atoms with Gasteiger partial charge in [0.2, 0.25) is 0 Å². The maximum absolute atomic E-state index is 11.8. The van der Waals surface area contributed by atoms with E-state index in [9.17, 15) is 49.3 Å². The van der Waals surface area contributed by atoms with Gasteiger partial charge in [0.05, 0.1) is 148 Å². The molecule has 4 fully saturated rings. The van der Waals surface area contributed by atoms with Crippen LogP contribution in [0.2, 0.25) is 5.02 Å². The van der Waals surface area contributed by atoms with Gasteiger partial charge < -0.3 is 72.3 Å². The normalized spacial score (nSPS) is 19.3. The zero-order chi connectivity index (χ0) is 96.1. The Morgan fingerprint density at radius 2 is 0.918 bits per heavy atom. The van der Waals surface area contributed by atoms with Crippen molar-refractivity contribution in [3.63, 3.8) is 0 Å². The van der Waals surface area contributed by atoms with Crippen LogP contribution in [0.25, 0.3) is 21.7 Å². The first-order valence-corrected chi connectivity index (χ1v) is 34.8. The van der Waals surface area contributed by atoms with E-state index in [1.807, 2.05) is 83.1 Å². The summed E-state index contributed by atoms with van der Waals surface area (Å²) in [4.78, 5) is 86.6. The molecule has 4 N–H and O–H groups in total. The second-order valence-corrected chi connectivity index (χ2v) is 29.9. The number of nitrogen functional groups attached to an aromatic ring is 1. The van der Waals surface area contributed by atoms with Gasteiger partial charge in [0.1, 0.15) is 5.82 Å². The summed E-state index contributed by atoms with van der Waals surface area (Å²) < 4.78 is 190. The molecule has 0 radical (unpaired) electrons. The van der Waals surface area contributed by atoms with Gasteiger partial charge in [-0.1, -0.05) is 51.7 Å². The monoisotopic (exact) mass is 1680 g/mol. The fourth-order valence-electron chi connectivity index (χ4n) is 9.43. The molecule has 0 aliphatic carbocycles. The molecule has 582 valence electrons. The van der Waals surface area contributed by atoms with Crippen molar-refractivity contribution < 1.29 is 117 Å². The first-order valence-electron chi connectivity index (χ1n) is 40.9. The molecule has 12 rings (SSSR count). The average Bonchev–Trinajstić information content (AvgIpc) is 0.776. The highest BCUT2D eigenvalue weighted by atomic mass is 79.9. The number of hydrogen-bond donors (Lipinski definition) is 3. The van der Waals surface area contributed by atoms with Crippen LogP contribution in [-0.2, 0) is 56.2 Å². The number of anilines is 3. The van der Waals surface area contributed by atoms with Crippen LogP contribution in [0.1, 0.15) is 185 Å². The molecule has 4 aliphatic heterocycles. The Kier molecular flexibility index (Phi) is 21.4. The molecule has 6 aromatic carbocycles. The molecule has 8 aromatic rings. The molecule has 6 heterocycles. The zero-order valence-electron chi connectivity index (χ0n) is 79.4. The zero-order valence-corrected chi connectivity index (χ0v) is 67.3. The van der Waals surface area contributed by atoms with Crippen LogP contribution >= 0.6 is 43.5 Å². The van der Waals surface area contributed by atoms with E-state index < -0.39 is 185 Å². The number of methoxy groups -OCH3 is 4. The predicted molar refractivity (Wildman–Crippen MR) is 427 cm³/mol. The van der Waals surface area contributed by atoms with Crippen LogP contribution in [-0.4, -0.2) is 156 Å².